The summed E-state index contributed by atoms with van der Waals surface area (Å²) in [5.74, 6) is 0. The minimum atomic E-state index is 0. The molecule has 0 fully saturated rings. The number of hydrogen-bond donors (Lipinski definition) is 0. The van der Waals surface area contributed by atoms with Crippen molar-refractivity contribution in [3.05, 3.63) is 0 Å². The molecule has 0 unspecified atom stereocenters. The summed E-state index contributed by atoms with van der Waals surface area (Å²) >= 11 is 0. The Balaban J connectivity index is 0. The Hall–Kier alpha value is 3.14. The van der Waals surface area contributed by atoms with Crippen LogP contribution < -0.4 is 0 Å². The third-order valence-electron chi connectivity index (χ3n) is 0. The Bertz CT molecular complexity index is 3.25. The molecule has 0 aromatic carbocycles. The molecule has 0 saturated carbocycles. The van der Waals surface area contributed by atoms with Crippen LogP contribution in [0.15, 0.2) is 0 Å². The zero-order chi connectivity index (χ0) is 0. The fourth-order valence-electron chi connectivity index (χ4n) is 0. The summed E-state index contributed by atoms with van der Waals surface area (Å²) in [6.07, 6.45) is 0. The monoisotopic (exact) mass is 167 g/mol. The van der Waals surface area contributed by atoms with Gasteiger partial charge in [0.15, 0.2) is 0 Å². The van der Waals surface area contributed by atoms with Crippen LogP contribution in [0.25, 0.3) is 0 Å². The van der Waals surface area contributed by atoms with Crippen molar-refractivity contribution >= 4 is 29.6 Å². The first kappa shape index (κ1) is 27.3. The third kappa shape index (κ3) is 8.94. The molecule has 0 aromatic rings. The maximum Gasteiger partial charge on any atom is 0 e. The summed E-state index contributed by atoms with van der Waals surface area (Å²) in [6.45, 7) is 0. The minimum Gasteiger partial charge on any atom is 0 e. The average molecular weight is 167 g/mol. The van der Waals surface area contributed by atoms with Crippen molar-refractivity contribution in [1.82, 2.24) is 0 Å². The molecule has 0 aliphatic carbocycles. The Labute approximate surface area is 92.8 Å². The molecule has 1 radical (unpaired) electrons. The molecular weight excluding hydrogens is 167 g/mol. The van der Waals surface area contributed by atoms with E-state index in [1.54, 1.807) is 0 Å². The average Bonchev–Trinajstić information content (AvgIpc) is 0. The molecule has 0 saturated heterocycles. The molecule has 0 N–H and O–H groups in total. The quantitative estimate of drug-likeness (QED) is 0.430. The van der Waals surface area contributed by atoms with Gasteiger partial charge in [-0.1, -0.05) is 0 Å². The van der Waals surface area contributed by atoms with Gasteiger partial charge in [0, 0.05) is 94.7 Å². The van der Waals surface area contributed by atoms with Crippen molar-refractivity contribution < 1.29 is 65.2 Å². The molecule has 0 bridgehead atoms. The van der Waals surface area contributed by atoms with Gasteiger partial charge in [0.2, 0.25) is 0 Å². The molecule has 0 rings (SSSR count). The molecule has 0 amide bonds. The Morgan fingerprint density at radius 1 is 0.500 bits per heavy atom. The van der Waals surface area contributed by atoms with Crippen LogP contribution in [-0.2, 0) is 65.2 Å². The minimum absolute atomic E-state index is 0. The molecule has 0 heterocycles. The summed E-state index contributed by atoms with van der Waals surface area (Å²) in [7, 11) is 0. The van der Waals surface area contributed by atoms with E-state index in [-0.39, 0.29) is 94.7 Å². The van der Waals surface area contributed by atoms with Gasteiger partial charge in [0.05, 0.1) is 0 Å². The van der Waals surface area contributed by atoms with Gasteiger partial charge in [0.1, 0.15) is 0 Å². The maximum absolute atomic E-state index is 0. The third-order valence-corrected chi connectivity index (χ3v) is 0. The van der Waals surface area contributed by atoms with Gasteiger partial charge >= 0.3 is 0 Å². The van der Waals surface area contributed by atoms with E-state index < -0.39 is 0 Å². The first-order valence-corrected chi connectivity index (χ1v) is 0. The van der Waals surface area contributed by atoms with E-state index in [0.29, 0.717) is 0 Å². The normalized spacial score (nSPS) is 0. The van der Waals surface area contributed by atoms with E-state index in [1.165, 1.54) is 0 Å². The van der Waals surface area contributed by atoms with Crippen LogP contribution in [0.3, 0.4) is 0 Å². The molecular formula is NaTi3. The first-order chi connectivity index (χ1) is 0. The Morgan fingerprint density at radius 2 is 0.500 bits per heavy atom. The van der Waals surface area contributed by atoms with Crippen LogP contribution in [-0.4, -0.2) is 29.6 Å². The van der Waals surface area contributed by atoms with E-state index in [9.17, 15) is 0 Å². The zero-order valence-corrected chi connectivity index (χ0v) is 9.18. The molecule has 4 heteroatoms. The standard InChI is InChI=1S/Na.3Ti. The predicted molar refractivity (Wildman–Crippen MR) is 5.75 cm³/mol. The van der Waals surface area contributed by atoms with Crippen LogP contribution in [0.1, 0.15) is 0 Å². The summed E-state index contributed by atoms with van der Waals surface area (Å²) in [4.78, 5) is 0. The van der Waals surface area contributed by atoms with Crippen LogP contribution in [0.5, 0.6) is 0 Å². The van der Waals surface area contributed by atoms with Gasteiger partial charge in [-0.3, -0.25) is 0 Å². The predicted octanol–water partition coefficient (Wildman–Crippen LogP) is -0.388. The van der Waals surface area contributed by atoms with E-state index in [1.807, 2.05) is 0 Å². The maximum atomic E-state index is 0. The van der Waals surface area contributed by atoms with Crippen molar-refractivity contribution in [3.8, 4) is 0 Å². The molecule has 0 aromatic heterocycles. The van der Waals surface area contributed by atoms with E-state index in [4.69, 9.17) is 0 Å². The van der Waals surface area contributed by atoms with E-state index in [0.717, 1.165) is 0 Å². The Morgan fingerprint density at radius 3 is 0.500 bits per heavy atom. The topological polar surface area (TPSA) is 0 Å². The number of rotatable bonds is 0. The van der Waals surface area contributed by atoms with Crippen LogP contribution >= 0.6 is 0 Å². The molecule has 0 spiro atoms. The second-order valence-corrected chi connectivity index (χ2v) is 0. The number of hydrogen-bond acceptors (Lipinski definition) is 0. The fourth-order valence-corrected chi connectivity index (χ4v) is 0. The molecule has 0 nitrogen and oxygen atoms in total. The molecule has 4 heavy (non-hydrogen) atoms. The molecule has 0 aliphatic heterocycles. The zero-order valence-electron chi connectivity index (χ0n) is 2.50. The van der Waals surface area contributed by atoms with Gasteiger partial charge in [-0.25, -0.2) is 0 Å². The molecule has 13 valence electrons. The first-order valence-electron chi connectivity index (χ1n) is 0. The smallest absolute Gasteiger partial charge is 0 e. The van der Waals surface area contributed by atoms with Crippen LogP contribution in [0.4, 0.5) is 0 Å². The van der Waals surface area contributed by atoms with Crippen molar-refractivity contribution in [2.45, 2.75) is 0 Å². The summed E-state index contributed by atoms with van der Waals surface area (Å²) in [5.41, 5.74) is 0. The van der Waals surface area contributed by atoms with Gasteiger partial charge in [0.25, 0.3) is 0 Å². The summed E-state index contributed by atoms with van der Waals surface area (Å²) in [5, 5.41) is 0. The van der Waals surface area contributed by atoms with Crippen LogP contribution in [0, 0.1) is 0 Å². The van der Waals surface area contributed by atoms with E-state index in [2.05, 4.69) is 0 Å². The van der Waals surface area contributed by atoms with Crippen molar-refractivity contribution in [1.29, 1.82) is 0 Å². The molecule has 0 aliphatic rings. The van der Waals surface area contributed by atoms with Crippen molar-refractivity contribution in [2.24, 2.45) is 0 Å². The van der Waals surface area contributed by atoms with E-state index >= 15 is 0 Å². The molecule has 0 atom stereocenters. The Kier molecular flexibility index (Phi) is 112. The fraction of sp³-hybridized carbons (Fsp3) is 0. The second-order valence-electron chi connectivity index (χ2n) is 0. The van der Waals surface area contributed by atoms with Gasteiger partial charge in [-0.15, -0.1) is 0 Å². The van der Waals surface area contributed by atoms with Gasteiger partial charge in [-0.2, -0.15) is 0 Å². The van der Waals surface area contributed by atoms with Crippen molar-refractivity contribution in [3.63, 3.8) is 0 Å². The van der Waals surface area contributed by atoms with Crippen molar-refractivity contribution in [2.75, 3.05) is 0 Å². The second kappa shape index (κ2) is 16.4. The summed E-state index contributed by atoms with van der Waals surface area (Å²) in [6, 6.07) is 0. The summed E-state index contributed by atoms with van der Waals surface area (Å²) < 4.78 is 0. The largest absolute Gasteiger partial charge is 0 e. The van der Waals surface area contributed by atoms with Gasteiger partial charge < -0.3 is 0 Å². The van der Waals surface area contributed by atoms with Crippen LogP contribution in [0.2, 0.25) is 0 Å². The SMILES string of the molecule is [Na].[Ti].[Ti].[Ti]. The van der Waals surface area contributed by atoms with Gasteiger partial charge in [-0.05, 0) is 0 Å².